The van der Waals surface area contributed by atoms with Crippen LogP contribution in [0.4, 0.5) is 5.82 Å². The summed E-state index contributed by atoms with van der Waals surface area (Å²) in [5.74, 6) is 1.64. The molecule has 0 atom stereocenters. The summed E-state index contributed by atoms with van der Waals surface area (Å²) in [4.78, 5) is 13.6. The average molecular weight is 396 g/mol. The first-order valence-corrected chi connectivity index (χ1v) is 8.23. The van der Waals surface area contributed by atoms with Crippen molar-refractivity contribution in [3.05, 3.63) is 33.8 Å². The van der Waals surface area contributed by atoms with Gasteiger partial charge in [0.15, 0.2) is 5.82 Å². The molecule has 0 bridgehead atoms. The second kappa shape index (κ2) is 6.68. The van der Waals surface area contributed by atoms with Gasteiger partial charge in [0.25, 0.3) is 0 Å². The van der Waals surface area contributed by atoms with Crippen molar-refractivity contribution in [1.82, 2.24) is 15.0 Å². The highest BCUT2D eigenvalue weighted by molar-refractivity contribution is 14.1. The zero-order valence-electron chi connectivity index (χ0n) is 12.9. The zero-order valence-corrected chi connectivity index (χ0v) is 15.1. The molecule has 2 rings (SSSR count). The standard InChI is InChI=1S/C16H21IN4/c1-5-8-19-15-12(17)13(16(2,3)4)20-14(21-15)11-7-6-9-18-10-11/h6-7,9-10H,5,8H2,1-4H3,(H,19,20,21). The number of nitrogens with one attached hydrogen (secondary N) is 1. The van der Waals surface area contributed by atoms with E-state index in [2.05, 4.69) is 65.6 Å². The lowest BCUT2D eigenvalue weighted by atomic mass is 9.91. The first-order chi connectivity index (χ1) is 9.93. The Morgan fingerprint density at radius 2 is 2.00 bits per heavy atom. The molecule has 0 aliphatic carbocycles. The van der Waals surface area contributed by atoms with Crippen molar-refractivity contribution >= 4 is 28.4 Å². The van der Waals surface area contributed by atoms with Gasteiger partial charge in [0.2, 0.25) is 0 Å². The Balaban J connectivity index is 2.56. The van der Waals surface area contributed by atoms with Gasteiger partial charge in [0.1, 0.15) is 5.82 Å². The maximum Gasteiger partial charge on any atom is 0.163 e. The topological polar surface area (TPSA) is 50.7 Å². The fraction of sp³-hybridized carbons (Fsp3) is 0.438. The number of halogens is 1. The number of hydrogen-bond acceptors (Lipinski definition) is 4. The quantitative estimate of drug-likeness (QED) is 0.785. The van der Waals surface area contributed by atoms with Crippen LogP contribution in [0.2, 0.25) is 0 Å². The maximum atomic E-state index is 4.78. The Morgan fingerprint density at radius 3 is 2.57 bits per heavy atom. The van der Waals surface area contributed by atoms with Crippen LogP contribution in [0.5, 0.6) is 0 Å². The maximum absolute atomic E-state index is 4.78. The number of aromatic nitrogens is 3. The van der Waals surface area contributed by atoms with Gasteiger partial charge in [-0.15, -0.1) is 0 Å². The third-order valence-corrected chi connectivity index (χ3v) is 4.05. The molecule has 0 spiro atoms. The van der Waals surface area contributed by atoms with Gasteiger partial charge in [-0.25, -0.2) is 9.97 Å². The van der Waals surface area contributed by atoms with Gasteiger partial charge < -0.3 is 5.32 Å². The third kappa shape index (κ3) is 3.90. The first-order valence-electron chi connectivity index (χ1n) is 7.15. The van der Waals surface area contributed by atoms with Crippen molar-refractivity contribution in [1.29, 1.82) is 0 Å². The molecule has 21 heavy (non-hydrogen) atoms. The normalized spacial score (nSPS) is 11.5. The largest absolute Gasteiger partial charge is 0.369 e. The van der Waals surface area contributed by atoms with Gasteiger partial charge in [0.05, 0.1) is 9.26 Å². The third-order valence-electron chi connectivity index (χ3n) is 3.02. The minimum Gasteiger partial charge on any atom is -0.369 e. The molecule has 0 aliphatic rings. The lowest BCUT2D eigenvalue weighted by molar-refractivity contribution is 0.564. The highest BCUT2D eigenvalue weighted by Gasteiger charge is 2.23. The van der Waals surface area contributed by atoms with Crippen LogP contribution in [0.15, 0.2) is 24.5 Å². The van der Waals surface area contributed by atoms with Crippen LogP contribution in [0.3, 0.4) is 0 Å². The van der Waals surface area contributed by atoms with Crippen LogP contribution in [0.25, 0.3) is 11.4 Å². The summed E-state index contributed by atoms with van der Waals surface area (Å²) in [6, 6.07) is 3.90. The number of anilines is 1. The highest BCUT2D eigenvalue weighted by Crippen LogP contribution is 2.31. The monoisotopic (exact) mass is 396 g/mol. The summed E-state index contributed by atoms with van der Waals surface area (Å²) < 4.78 is 1.10. The molecular weight excluding hydrogens is 375 g/mol. The van der Waals surface area contributed by atoms with Gasteiger partial charge >= 0.3 is 0 Å². The molecule has 4 nitrogen and oxygen atoms in total. The van der Waals surface area contributed by atoms with Crippen LogP contribution >= 0.6 is 22.6 Å². The van der Waals surface area contributed by atoms with Crippen LogP contribution < -0.4 is 5.32 Å². The van der Waals surface area contributed by atoms with Gasteiger partial charge in [-0.3, -0.25) is 4.98 Å². The molecule has 0 unspecified atom stereocenters. The molecule has 2 aromatic heterocycles. The second-order valence-corrected chi connectivity index (χ2v) is 7.06. The fourth-order valence-corrected chi connectivity index (χ4v) is 3.17. The number of pyridine rings is 1. The molecule has 112 valence electrons. The summed E-state index contributed by atoms with van der Waals surface area (Å²) in [5, 5.41) is 3.41. The summed E-state index contributed by atoms with van der Waals surface area (Å²) in [6.45, 7) is 9.58. The molecule has 0 amide bonds. The van der Waals surface area contributed by atoms with E-state index in [0.29, 0.717) is 0 Å². The molecule has 2 aromatic rings. The minimum absolute atomic E-state index is 0.0287. The predicted molar refractivity (Wildman–Crippen MR) is 95.5 cm³/mol. The predicted octanol–water partition coefficient (Wildman–Crippen LogP) is 4.26. The lowest BCUT2D eigenvalue weighted by Crippen LogP contribution is -2.19. The highest BCUT2D eigenvalue weighted by atomic mass is 127. The second-order valence-electron chi connectivity index (χ2n) is 5.98. The van der Waals surface area contributed by atoms with E-state index in [1.165, 1.54) is 0 Å². The summed E-state index contributed by atoms with van der Waals surface area (Å²) >= 11 is 2.34. The van der Waals surface area contributed by atoms with Gasteiger partial charge in [-0.1, -0.05) is 27.7 Å². The summed E-state index contributed by atoms with van der Waals surface area (Å²) in [6.07, 6.45) is 4.63. The van der Waals surface area contributed by atoms with Gasteiger partial charge in [-0.05, 0) is 41.1 Å². The molecule has 0 aliphatic heterocycles. The Bertz CT molecular complexity index is 606. The van der Waals surface area contributed by atoms with Crippen molar-refractivity contribution in [2.75, 3.05) is 11.9 Å². The Morgan fingerprint density at radius 1 is 1.24 bits per heavy atom. The van der Waals surface area contributed by atoms with E-state index in [9.17, 15) is 0 Å². The van der Waals surface area contributed by atoms with E-state index >= 15 is 0 Å². The van der Waals surface area contributed by atoms with E-state index in [1.54, 1.807) is 12.4 Å². The van der Waals surface area contributed by atoms with Crippen molar-refractivity contribution in [2.24, 2.45) is 0 Å². The van der Waals surface area contributed by atoms with Gasteiger partial charge in [0, 0.05) is 29.9 Å². The SMILES string of the molecule is CCCNc1nc(-c2cccnc2)nc(C(C)(C)C)c1I. The minimum atomic E-state index is -0.0287. The molecule has 2 heterocycles. The smallest absolute Gasteiger partial charge is 0.163 e. The molecule has 1 N–H and O–H groups in total. The molecule has 0 saturated carbocycles. The first kappa shape index (κ1) is 16.1. The van der Waals surface area contributed by atoms with Crippen molar-refractivity contribution in [3.63, 3.8) is 0 Å². The Kier molecular flexibility index (Phi) is 5.13. The zero-order chi connectivity index (χ0) is 15.5. The molecule has 5 heteroatoms. The van der Waals surface area contributed by atoms with E-state index in [-0.39, 0.29) is 5.41 Å². The Hall–Kier alpha value is -1.24. The van der Waals surface area contributed by atoms with Crippen molar-refractivity contribution in [2.45, 2.75) is 39.5 Å². The van der Waals surface area contributed by atoms with Crippen LogP contribution in [0, 0.1) is 3.57 Å². The van der Waals surface area contributed by atoms with E-state index in [0.717, 1.165) is 39.4 Å². The Labute approximate surface area is 140 Å². The molecular formula is C16H21IN4. The van der Waals surface area contributed by atoms with E-state index in [1.807, 2.05) is 12.1 Å². The van der Waals surface area contributed by atoms with Crippen LogP contribution in [0.1, 0.15) is 39.8 Å². The number of nitrogens with zero attached hydrogens (tertiary/aromatic N) is 3. The van der Waals surface area contributed by atoms with Crippen LogP contribution in [-0.4, -0.2) is 21.5 Å². The van der Waals surface area contributed by atoms with E-state index in [4.69, 9.17) is 4.98 Å². The summed E-state index contributed by atoms with van der Waals surface area (Å²) in [5.41, 5.74) is 1.98. The molecule has 0 aromatic carbocycles. The van der Waals surface area contributed by atoms with Gasteiger partial charge in [-0.2, -0.15) is 0 Å². The lowest BCUT2D eigenvalue weighted by Gasteiger charge is -2.22. The van der Waals surface area contributed by atoms with Crippen molar-refractivity contribution in [3.8, 4) is 11.4 Å². The van der Waals surface area contributed by atoms with E-state index < -0.39 is 0 Å². The molecule has 0 radical (unpaired) electrons. The van der Waals surface area contributed by atoms with Crippen molar-refractivity contribution < 1.29 is 0 Å². The average Bonchev–Trinajstić information content (AvgIpc) is 2.46. The molecule has 0 saturated heterocycles. The summed E-state index contributed by atoms with van der Waals surface area (Å²) in [7, 11) is 0. The number of rotatable bonds is 4. The molecule has 0 fully saturated rings. The van der Waals surface area contributed by atoms with Crippen LogP contribution in [-0.2, 0) is 5.41 Å². The fourth-order valence-electron chi connectivity index (χ4n) is 1.93. The number of hydrogen-bond donors (Lipinski definition) is 1.